The lowest BCUT2D eigenvalue weighted by Gasteiger charge is -2.16. The SMILES string of the molecule is c1cc2ccc3cccc4ccc(c1)c2c34.c1ccc2c(c1)ccc1c3cccc4ccc5cccc(c21)c5c43. The van der Waals surface area contributed by atoms with Crippen molar-refractivity contribution in [1.29, 1.82) is 0 Å². The summed E-state index contributed by atoms with van der Waals surface area (Å²) < 4.78 is 0. The summed E-state index contributed by atoms with van der Waals surface area (Å²) in [4.78, 5) is 0. The van der Waals surface area contributed by atoms with E-state index in [1.165, 1.54) is 86.2 Å². The zero-order chi connectivity index (χ0) is 26.2. The van der Waals surface area contributed by atoms with Crippen LogP contribution < -0.4 is 0 Å². The predicted molar refractivity (Wildman–Crippen MR) is 175 cm³/mol. The molecule has 0 atom stereocenters. The molecule has 0 aliphatic rings. The summed E-state index contributed by atoms with van der Waals surface area (Å²) in [5.74, 6) is 0. The third-order valence-corrected chi connectivity index (χ3v) is 8.77. The molecule has 10 rings (SSSR count). The Morgan fingerprint density at radius 3 is 1.10 bits per heavy atom. The number of rotatable bonds is 0. The summed E-state index contributed by atoms with van der Waals surface area (Å²) in [6, 6.07) is 53.0. The first-order valence-electron chi connectivity index (χ1n) is 13.9. The Labute approximate surface area is 231 Å². The van der Waals surface area contributed by atoms with Crippen molar-refractivity contribution >= 4 is 86.2 Å². The zero-order valence-corrected chi connectivity index (χ0v) is 21.9. The molecular formula is C40H24. The third kappa shape index (κ3) is 2.96. The molecule has 0 radical (unpaired) electrons. The first kappa shape index (κ1) is 21.7. The van der Waals surface area contributed by atoms with Crippen LogP contribution in [0.2, 0.25) is 0 Å². The average molecular weight is 505 g/mol. The van der Waals surface area contributed by atoms with E-state index in [9.17, 15) is 0 Å². The molecule has 40 heavy (non-hydrogen) atoms. The summed E-state index contributed by atoms with van der Waals surface area (Å²) >= 11 is 0. The summed E-state index contributed by atoms with van der Waals surface area (Å²) in [5, 5.41) is 21.7. The van der Waals surface area contributed by atoms with Crippen LogP contribution >= 0.6 is 0 Å². The average Bonchev–Trinajstić information content (AvgIpc) is 3.03. The van der Waals surface area contributed by atoms with E-state index in [0.29, 0.717) is 0 Å². The van der Waals surface area contributed by atoms with Crippen LogP contribution in [0, 0.1) is 0 Å². The van der Waals surface area contributed by atoms with Crippen LogP contribution in [0.15, 0.2) is 146 Å². The van der Waals surface area contributed by atoms with Gasteiger partial charge in [-0.1, -0.05) is 146 Å². The van der Waals surface area contributed by atoms with Gasteiger partial charge in [-0.3, -0.25) is 0 Å². The van der Waals surface area contributed by atoms with Gasteiger partial charge in [0, 0.05) is 0 Å². The molecule has 0 bridgehead atoms. The maximum atomic E-state index is 2.29. The molecule has 0 N–H and O–H groups in total. The van der Waals surface area contributed by atoms with Crippen molar-refractivity contribution in [3.05, 3.63) is 146 Å². The van der Waals surface area contributed by atoms with E-state index in [1.807, 2.05) is 0 Å². The van der Waals surface area contributed by atoms with Crippen molar-refractivity contribution in [2.45, 2.75) is 0 Å². The van der Waals surface area contributed by atoms with Crippen molar-refractivity contribution in [1.82, 2.24) is 0 Å². The van der Waals surface area contributed by atoms with Crippen molar-refractivity contribution in [3.8, 4) is 0 Å². The van der Waals surface area contributed by atoms with E-state index in [2.05, 4.69) is 146 Å². The van der Waals surface area contributed by atoms with Crippen molar-refractivity contribution < 1.29 is 0 Å². The molecule has 0 heterocycles. The van der Waals surface area contributed by atoms with E-state index in [-0.39, 0.29) is 0 Å². The van der Waals surface area contributed by atoms with E-state index >= 15 is 0 Å². The van der Waals surface area contributed by atoms with Gasteiger partial charge in [0.1, 0.15) is 0 Å². The highest BCUT2D eigenvalue weighted by Gasteiger charge is 2.14. The number of benzene rings is 10. The molecule has 0 aliphatic heterocycles. The second kappa shape index (κ2) is 8.15. The highest BCUT2D eigenvalue weighted by Crippen LogP contribution is 2.42. The predicted octanol–water partition coefficient (Wildman–Crippen LogP) is 11.5. The molecular weight excluding hydrogens is 480 g/mol. The molecule has 0 saturated carbocycles. The Hall–Kier alpha value is -5.20. The summed E-state index contributed by atoms with van der Waals surface area (Å²) in [7, 11) is 0. The van der Waals surface area contributed by atoms with Gasteiger partial charge < -0.3 is 0 Å². The molecule has 10 aromatic carbocycles. The Morgan fingerprint density at radius 1 is 0.175 bits per heavy atom. The van der Waals surface area contributed by atoms with E-state index < -0.39 is 0 Å². The Bertz CT molecular complexity index is 2400. The van der Waals surface area contributed by atoms with Gasteiger partial charge >= 0.3 is 0 Å². The fraction of sp³-hybridized carbons (Fsp3) is 0. The molecule has 0 unspecified atom stereocenters. The minimum atomic E-state index is 1.31. The minimum absolute atomic E-state index is 1.31. The van der Waals surface area contributed by atoms with Gasteiger partial charge in [0.25, 0.3) is 0 Å². The van der Waals surface area contributed by atoms with Gasteiger partial charge in [-0.05, 0) is 86.2 Å². The van der Waals surface area contributed by atoms with E-state index in [1.54, 1.807) is 0 Å². The quantitative estimate of drug-likeness (QED) is 0.142. The third-order valence-electron chi connectivity index (χ3n) is 8.77. The lowest BCUT2D eigenvalue weighted by atomic mass is 9.87. The molecule has 0 aromatic heterocycles. The lowest BCUT2D eigenvalue weighted by Crippen LogP contribution is -1.87. The zero-order valence-electron chi connectivity index (χ0n) is 21.9. The molecule has 0 spiro atoms. The van der Waals surface area contributed by atoms with Crippen LogP contribution in [-0.2, 0) is 0 Å². The molecule has 0 aliphatic carbocycles. The molecule has 10 aromatic rings. The van der Waals surface area contributed by atoms with E-state index in [0.717, 1.165) is 0 Å². The summed E-state index contributed by atoms with van der Waals surface area (Å²) in [5.41, 5.74) is 0. The van der Waals surface area contributed by atoms with Crippen molar-refractivity contribution in [2.75, 3.05) is 0 Å². The van der Waals surface area contributed by atoms with Gasteiger partial charge in [0.2, 0.25) is 0 Å². The Balaban J connectivity index is 0.000000125. The van der Waals surface area contributed by atoms with E-state index in [4.69, 9.17) is 0 Å². The fourth-order valence-electron chi connectivity index (χ4n) is 7.04. The topological polar surface area (TPSA) is 0 Å². The summed E-state index contributed by atoms with van der Waals surface area (Å²) in [6.07, 6.45) is 0. The number of hydrogen-bond donors (Lipinski definition) is 0. The van der Waals surface area contributed by atoms with Gasteiger partial charge in [-0.15, -0.1) is 0 Å². The Kier molecular flexibility index (Phi) is 4.42. The standard InChI is InChI=1S/C24H14.C16H10/c1-2-8-18-15(5-1)13-14-20-19-9-3-6-16-11-12-17-7-4-10-21(24(18)20)23(17)22(16)19;1-3-11-7-9-13-5-2-6-14-10-8-12(4-1)15(11)16(13)14/h1-14H;1-10H. The number of hydrogen-bond acceptors (Lipinski definition) is 0. The van der Waals surface area contributed by atoms with Crippen LogP contribution in [0.5, 0.6) is 0 Å². The first-order valence-corrected chi connectivity index (χ1v) is 13.9. The molecule has 184 valence electrons. The van der Waals surface area contributed by atoms with Gasteiger partial charge in [-0.2, -0.15) is 0 Å². The van der Waals surface area contributed by atoms with Crippen molar-refractivity contribution in [2.24, 2.45) is 0 Å². The van der Waals surface area contributed by atoms with Crippen LogP contribution in [0.3, 0.4) is 0 Å². The van der Waals surface area contributed by atoms with Gasteiger partial charge in [0.15, 0.2) is 0 Å². The molecule has 0 nitrogen and oxygen atoms in total. The highest BCUT2D eigenvalue weighted by molar-refractivity contribution is 6.37. The smallest absolute Gasteiger partial charge is 0.00201 e. The molecule has 0 amide bonds. The normalized spacial score (nSPS) is 12.0. The Morgan fingerprint density at radius 2 is 0.525 bits per heavy atom. The monoisotopic (exact) mass is 504 g/mol. The second-order valence-corrected chi connectivity index (χ2v) is 10.9. The largest absolute Gasteiger partial charge is 0.0616 e. The molecule has 0 heteroatoms. The van der Waals surface area contributed by atoms with Crippen LogP contribution in [-0.4, -0.2) is 0 Å². The first-order chi connectivity index (χ1) is 19.8. The highest BCUT2D eigenvalue weighted by atomic mass is 14.2. The van der Waals surface area contributed by atoms with Crippen molar-refractivity contribution in [3.63, 3.8) is 0 Å². The van der Waals surface area contributed by atoms with Crippen LogP contribution in [0.1, 0.15) is 0 Å². The lowest BCUT2D eigenvalue weighted by molar-refractivity contribution is 1.78. The van der Waals surface area contributed by atoms with Crippen LogP contribution in [0.4, 0.5) is 0 Å². The maximum Gasteiger partial charge on any atom is -0.00201 e. The fourth-order valence-corrected chi connectivity index (χ4v) is 7.04. The summed E-state index contributed by atoms with van der Waals surface area (Å²) in [6.45, 7) is 0. The van der Waals surface area contributed by atoms with Gasteiger partial charge in [0.05, 0.1) is 0 Å². The number of fused-ring (bicyclic) bond motifs is 5. The second-order valence-electron chi connectivity index (χ2n) is 10.9. The molecule has 0 saturated heterocycles. The minimum Gasteiger partial charge on any atom is -0.0616 e. The maximum absolute atomic E-state index is 2.29. The van der Waals surface area contributed by atoms with Crippen LogP contribution in [0.25, 0.3) is 86.2 Å². The van der Waals surface area contributed by atoms with Gasteiger partial charge in [-0.25, -0.2) is 0 Å². The molecule has 0 fully saturated rings.